The molecule has 1 N–H and O–H groups in total. The topological polar surface area (TPSA) is 42.0 Å². The van der Waals surface area contributed by atoms with Crippen LogP contribution in [0, 0.1) is 5.41 Å². The van der Waals surface area contributed by atoms with Crippen molar-refractivity contribution in [3.8, 4) is 11.3 Å². The highest BCUT2D eigenvalue weighted by atomic mass is 16.1. The average molecular weight is 268 g/mol. The minimum absolute atomic E-state index is 0.0347. The Labute approximate surface area is 120 Å². The smallest absolute Gasteiger partial charge is 0.251 e. The molecular weight excluding hydrogens is 248 g/mol. The van der Waals surface area contributed by atoms with Crippen LogP contribution in [0.5, 0.6) is 0 Å². The third-order valence-electron chi connectivity index (χ3n) is 2.89. The standard InChI is InChI=1S/C17H20N2O/c1-17(2,3)12-19-16(20)14-9-7-13(8-10-14)15-6-4-5-11-18-15/h4-11H,12H2,1-3H3,(H,19,20). The van der Waals surface area contributed by atoms with Gasteiger partial charge in [-0.1, -0.05) is 39.0 Å². The Morgan fingerprint density at radius 3 is 2.35 bits per heavy atom. The summed E-state index contributed by atoms with van der Waals surface area (Å²) >= 11 is 0. The molecule has 104 valence electrons. The molecule has 0 saturated heterocycles. The molecule has 3 nitrogen and oxygen atoms in total. The molecule has 20 heavy (non-hydrogen) atoms. The van der Waals surface area contributed by atoms with Crippen LogP contribution in [0.2, 0.25) is 0 Å². The van der Waals surface area contributed by atoms with Crippen molar-refractivity contribution in [2.75, 3.05) is 6.54 Å². The molecule has 0 radical (unpaired) electrons. The maximum Gasteiger partial charge on any atom is 0.251 e. The number of nitrogens with zero attached hydrogens (tertiary/aromatic N) is 1. The van der Waals surface area contributed by atoms with Crippen molar-refractivity contribution < 1.29 is 4.79 Å². The van der Waals surface area contributed by atoms with E-state index in [9.17, 15) is 4.79 Å². The molecule has 0 unspecified atom stereocenters. The summed E-state index contributed by atoms with van der Waals surface area (Å²) in [4.78, 5) is 16.3. The third kappa shape index (κ3) is 3.92. The molecule has 0 spiro atoms. The van der Waals surface area contributed by atoms with Gasteiger partial charge in [-0.3, -0.25) is 9.78 Å². The van der Waals surface area contributed by atoms with E-state index in [0.29, 0.717) is 12.1 Å². The van der Waals surface area contributed by atoms with E-state index in [4.69, 9.17) is 0 Å². The quantitative estimate of drug-likeness (QED) is 0.925. The van der Waals surface area contributed by atoms with Gasteiger partial charge < -0.3 is 5.32 Å². The number of hydrogen-bond acceptors (Lipinski definition) is 2. The van der Waals surface area contributed by atoms with E-state index >= 15 is 0 Å². The van der Waals surface area contributed by atoms with Crippen molar-refractivity contribution in [2.45, 2.75) is 20.8 Å². The first-order valence-corrected chi connectivity index (χ1v) is 6.75. The van der Waals surface area contributed by atoms with Crippen molar-refractivity contribution in [3.63, 3.8) is 0 Å². The Bertz CT molecular complexity index is 568. The molecule has 0 aliphatic carbocycles. The predicted octanol–water partition coefficient (Wildman–Crippen LogP) is 3.52. The summed E-state index contributed by atoms with van der Waals surface area (Å²) in [6.07, 6.45) is 1.76. The summed E-state index contributed by atoms with van der Waals surface area (Å²) in [6, 6.07) is 13.3. The first kappa shape index (κ1) is 14.3. The van der Waals surface area contributed by atoms with Crippen LogP contribution >= 0.6 is 0 Å². The minimum atomic E-state index is -0.0347. The van der Waals surface area contributed by atoms with E-state index in [1.165, 1.54) is 0 Å². The molecule has 0 aliphatic heterocycles. The second-order valence-corrected chi connectivity index (χ2v) is 6.04. The van der Waals surface area contributed by atoms with E-state index < -0.39 is 0 Å². The molecule has 1 amide bonds. The van der Waals surface area contributed by atoms with Gasteiger partial charge in [0.25, 0.3) is 5.91 Å². The zero-order chi connectivity index (χ0) is 14.6. The van der Waals surface area contributed by atoms with Crippen LogP contribution in [0.1, 0.15) is 31.1 Å². The Kier molecular flexibility index (Phi) is 4.18. The van der Waals surface area contributed by atoms with E-state index in [1.807, 2.05) is 42.5 Å². The Hall–Kier alpha value is -2.16. The predicted molar refractivity (Wildman–Crippen MR) is 81.5 cm³/mol. The fourth-order valence-corrected chi connectivity index (χ4v) is 1.77. The van der Waals surface area contributed by atoms with Crippen LogP contribution in [0.15, 0.2) is 48.7 Å². The van der Waals surface area contributed by atoms with Crippen molar-refractivity contribution in [1.29, 1.82) is 0 Å². The number of nitrogens with one attached hydrogen (secondary N) is 1. The van der Waals surface area contributed by atoms with Crippen LogP contribution < -0.4 is 5.32 Å². The van der Waals surface area contributed by atoms with Gasteiger partial charge in [-0.05, 0) is 29.7 Å². The molecule has 1 aromatic heterocycles. The number of carbonyl (C=O) groups excluding carboxylic acids is 1. The highest BCUT2D eigenvalue weighted by Crippen LogP contribution is 2.17. The fraction of sp³-hybridized carbons (Fsp3) is 0.294. The van der Waals surface area contributed by atoms with Crippen molar-refractivity contribution in [1.82, 2.24) is 10.3 Å². The monoisotopic (exact) mass is 268 g/mol. The maximum atomic E-state index is 12.0. The van der Waals surface area contributed by atoms with E-state index in [-0.39, 0.29) is 11.3 Å². The molecule has 2 rings (SSSR count). The zero-order valence-corrected chi connectivity index (χ0v) is 12.2. The minimum Gasteiger partial charge on any atom is -0.352 e. The third-order valence-corrected chi connectivity index (χ3v) is 2.89. The van der Waals surface area contributed by atoms with E-state index in [0.717, 1.165) is 11.3 Å². The number of carbonyl (C=O) groups is 1. The molecule has 0 aliphatic rings. The first-order valence-electron chi connectivity index (χ1n) is 6.75. The molecule has 3 heteroatoms. The van der Waals surface area contributed by atoms with Crippen LogP contribution in [-0.2, 0) is 0 Å². The summed E-state index contributed by atoms with van der Waals surface area (Å²) in [5.74, 6) is -0.0347. The SMILES string of the molecule is CC(C)(C)CNC(=O)c1ccc(-c2ccccn2)cc1. The van der Waals surface area contributed by atoms with Gasteiger partial charge in [0.1, 0.15) is 0 Å². The molecule has 0 saturated carbocycles. The molecule has 1 heterocycles. The number of rotatable bonds is 3. The molecule has 2 aromatic rings. The van der Waals surface area contributed by atoms with Gasteiger partial charge in [-0.2, -0.15) is 0 Å². The molecule has 0 fully saturated rings. The van der Waals surface area contributed by atoms with Crippen LogP contribution in [0.25, 0.3) is 11.3 Å². The van der Waals surface area contributed by atoms with Gasteiger partial charge in [-0.25, -0.2) is 0 Å². The Balaban J connectivity index is 2.07. The lowest BCUT2D eigenvalue weighted by atomic mass is 9.97. The van der Waals surface area contributed by atoms with Crippen LogP contribution in [-0.4, -0.2) is 17.4 Å². The highest BCUT2D eigenvalue weighted by molar-refractivity contribution is 5.94. The Morgan fingerprint density at radius 2 is 1.80 bits per heavy atom. The van der Waals surface area contributed by atoms with Crippen molar-refractivity contribution >= 4 is 5.91 Å². The van der Waals surface area contributed by atoms with Crippen molar-refractivity contribution in [3.05, 3.63) is 54.2 Å². The molecule has 0 bridgehead atoms. The summed E-state index contributed by atoms with van der Waals surface area (Å²) < 4.78 is 0. The maximum absolute atomic E-state index is 12.0. The number of amides is 1. The van der Waals surface area contributed by atoms with Crippen LogP contribution in [0.3, 0.4) is 0 Å². The summed E-state index contributed by atoms with van der Waals surface area (Å²) in [5, 5.41) is 2.94. The van der Waals surface area contributed by atoms with E-state index in [1.54, 1.807) is 6.20 Å². The lowest BCUT2D eigenvalue weighted by molar-refractivity contribution is 0.0939. The lowest BCUT2D eigenvalue weighted by Gasteiger charge is -2.18. The van der Waals surface area contributed by atoms with Crippen molar-refractivity contribution in [2.24, 2.45) is 5.41 Å². The summed E-state index contributed by atoms with van der Waals surface area (Å²) in [7, 11) is 0. The largest absolute Gasteiger partial charge is 0.352 e. The van der Waals surface area contributed by atoms with Gasteiger partial charge >= 0.3 is 0 Å². The number of aromatic nitrogens is 1. The van der Waals surface area contributed by atoms with Gasteiger partial charge in [0.15, 0.2) is 0 Å². The van der Waals surface area contributed by atoms with Gasteiger partial charge in [0.2, 0.25) is 0 Å². The van der Waals surface area contributed by atoms with E-state index in [2.05, 4.69) is 31.1 Å². The number of benzene rings is 1. The highest BCUT2D eigenvalue weighted by Gasteiger charge is 2.13. The van der Waals surface area contributed by atoms with Crippen LogP contribution in [0.4, 0.5) is 0 Å². The summed E-state index contributed by atoms with van der Waals surface area (Å²) in [5.41, 5.74) is 2.69. The zero-order valence-electron chi connectivity index (χ0n) is 12.2. The lowest BCUT2D eigenvalue weighted by Crippen LogP contribution is -2.32. The average Bonchev–Trinajstić information content (AvgIpc) is 2.45. The molecular formula is C17H20N2O. The normalized spacial score (nSPS) is 11.2. The summed E-state index contributed by atoms with van der Waals surface area (Å²) in [6.45, 7) is 6.94. The number of pyridine rings is 1. The van der Waals surface area contributed by atoms with Gasteiger partial charge in [-0.15, -0.1) is 0 Å². The Morgan fingerprint density at radius 1 is 1.10 bits per heavy atom. The fourth-order valence-electron chi connectivity index (χ4n) is 1.77. The second kappa shape index (κ2) is 5.87. The first-order chi connectivity index (χ1) is 9.46. The number of hydrogen-bond donors (Lipinski definition) is 1. The second-order valence-electron chi connectivity index (χ2n) is 6.04. The molecule has 1 aromatic carbocycles. The van der Waals surface area contributed by atoms with Gasteiger partial charge in [0, 0.05) is 23.9 Å². The molecule has 0 atom stereocenters. The van der Waals surface area contributed by atoms with Gasteiger partial charge in [0.05, 0.1) is 5.69 Å².